The molecule has 216 valence electrons. The van der Waals surface area contributed by atoms with E-state index in [9.17, 15) is 10.1 Å². The quantitative estimate of drug-likeness (QED) is 0.258. The molecule has 12 heteroatoms. The summed E-state index contributed by atoms with van der Waals surface area (Å²) in [7, 11) is -1.14. The standard InChI is InChI=1S/C28H42N8O3Si/c1-28(2,3)39-27(37)34-13-11-33(12-14-34)19-23(7-9-29)36-18-22(17-32-36)25-24-8-10-35(26(24)31-20-30-25)21-38-15-16-40(4,5)6/h8,10,17-18,20,23H,7,11-16,19,21H2,1-6H3. The second-order valence-electron chi connectivity index (χ2n) is 12.6. The van der Waals surface area contributed by atoms with Crippen molar-refractivity contribution in [3.05, 3.63) is 31.0 Å². The molecule has 1 unspecified atom stereocenters. The fraction of sp³-hybridized carbons (Fsp3) is 0.607. The minimum absolute atomic E-state index is 0.117. The third-order valence-corrected chi connectivity index (χ3v) is 8.56. The summed E-state index contributed by atoms with van der Waals surface area (Å²) < 4.78 is 15.3. The number of aromatic nitrogens is 5. The Morgan fingerprint density at radius 3 is 2.60 bits per heavy atom. The molecule has 4 rings (SSSR count). The van der Waals surface area contributed by atoms with Crippen LogP contribution in [0.4, 0.5) is 4.79 Å². The van der Waals surface area contributed by atoms with Gasteiger partial charge in [-0.05, 0) is 32.9 Å². The van der Waals surface area contributed by atoms with Gasteiger partial charge >= 0.3 is 6.09 Å². The van der Waals surface area contributed by atoms with Crippen molar-refractivity contribution in [1.29, 1.82) is 5.26 Å². The molecule has 3 aromatic heterocycles. The minimum Gasteiger partial charge on any atom is -0.444 e. The van der Waals surface area contributed by atoms with E-state index in [2.05, 4.69) is 45.7 Å². The number of nitriles is 1. The van der Waals surface area contributed by atoms with E-state index >= 15 is 0 Å². The highest BCUT2D eigenvalue weighted by Gasteiger charge is 2.27. The lowest BCUT2D eigenvalue weighted by atomic mass is 10.1. The Balaban J connectivity index is 1.41. The van der Waals surface area contributed by atoms with E-state index in [0.717, 1.165) is 48.0 Å². The summed E-state index contributed by atoms with van der Waals surface area (Å²) in [4.78, 5) is 25.5. The van der Waals surface area contributed by atoms with Crippen LogP contribution >= 0.6 is 0 Å². The third-order valence-electron chi connectivity index (χ3n) is 6.85. The number of piperazine rings is 1. The van der Waals surface area contributed by atoms with E-state index in [0.29, 0.717) is 32.8 Å². The van der Waals surface area contributed by atoms with E-state index in [4.69, 9.17) is 9.47 Å². The summed E-state index contributed by atoms with van der Waals surface area (Å²) in [6.07, 6.45) is 7.37. The van der Waals surface area contributed by atoms with Crippen LogP contribution in [0.25, 0.3) is 22.3 Å². The van der Waals surface area contributed by atoms with Gasteiger partial charge in [0.05, 0.1) is 30.4 Å². The van der Waals surface area contributed by atoms with Gasteiger partial charge in [0.15, 0.2) is 0 Å². The zero-order valence-electron chi connectivity index (χ0n) is 24.6. The van der Waals surface area contributed by atoms with Gasteiger partial charge in [-0.2, -0.15) is 10.4 Å². The third kappa shape index (κ3) is 7.90. The number of rotatable bonds is 10. The van der Waals surface area contributed by atoms with Crippen LogP contribution in [-0.2, 0) is 16.2 Å². The fourth-order valence-electron chi connectivity index (χ4n) is 4.62. The molecule has 0 aliphatic carbocycles. The number of hydrogen-bond donors (Lipinski definition) is 0. The zero-order chi connectivity index (χ0) is 28.9. The first kappa shape index (κ1) is 29.7. The lowest BCUT2D eigenvalue weighted by molar-refractivity contribution is 0.0134. The highest BCUT2D eigenvalue weighted by atomic mass is 28.3. The van der Waals surface area contributed by atoms with Gasteiger partial charge in [-0.25, -0.2) is 14.8 Å². The van der Waals surface area contributed by atoms with Gasteiger partial charge < -0.3 is 18.9 Å². The average Bonchev–Trinajstić information content (AvgIpc) is 3.53. The molecule has 0 N–H and O–H groups in total. The van der Waals surface area contributed by atoms with Crippen LogP contribution in [0.15, 0.2) is 31.0 Å². The molecule has 1 aliphatic heterocycles. The molecule has 0 saturated carbocycles. The Hall–Kier alpha value is -3.27. The summed E-state index contributed by atoms with van der Waals surface area (Å²) in [5.74, 6) is 0. The van der Waals surface area contributed by atoms with Crippen LogP contribution in [0, 0.1) is 11.3 Å². The highest BCUT2D eigenvalue weighted by Crippen LogP contribution is 2.27. The Morgan fingerprint density at radius 2 is 1.93 bits per heavy atom. The molecule has 40 heavy (non-hydrogen) atoms. The summed E-state index contributed by atoms with van der Waals surface area (Å²) in [6, 6.07) is 5.33. The molecule has 4 heterocycles. The van der Waals surface area contributed by atoms with Crippen LogP contribution in [0.5, 0.6) is 0 Å². The number of amides is 1. The van der Waals surface area contributed by atoms with Gasteiger partial charge in [0.25, 0.3) is 0 Å². The maximum absolute atomic E-state index is 12.4. The normalized spacial score (nSPS) is 15.8. The Bertz CT molecular complexity index is 1330. The van der Waals surface area contributed by atoms with Crippen molar-refractivity contribution in [2.24, 2.45) is 0 Å². The smallest absolute Gasteiger partial charge is 0.410 e. The Kier molecular flexibility index (Phi) is 9.28. The van der Waals surface area contributed by atoms with Gasteiger partial charge in [-0.1, -0.05) is 19.6 Å². The highest BCUT2D eigenvalue weighted by molar-refractivity contribution is 6.76. The van der Waals surface area contributed by atoms with Crippen LogP contribution in [0.3, 0.4) is 0 Å². The summed E-state index contributed by atoms with van der Waals surface area (Å²) in [6.45, 7) is 17.1. The topological polar surface area (TPSA) is 114 Å². The van der Waals surface area contributed by atoms with Crippen molar-refractivity contribution < 1.29 is 14.3 Å². The van der Waals surface area contributed by atoms with Crippen molar-refractivity contribution in [3.8, 4) is 17.3 Å². The largest absolute Gasteiger partial charge is 0.444 e. The van der Waals surface area contributed by atoms with E-state index in [1.54, 1.807) is 17.4 Å². The van der Waals surface area contributed by atoms with Crippen molar-refractivity contribution in [1.82, 2.24) is 34.1 Å². The number of carbonyl (C=O) groups is 1. The van der Waals surface area contributed by atoms with Crippen LogP contribution in [0.2, 0.25) is 25.7 Å². The first-order chi connectivity index (χ1) is 18.9. The first-order valence-electron chi connectivity index (χ1n) is 13.9. The monoisotopic (exact) mass is 566 g/mol. The number of nitrogens with zero attached hydrogens (tertiary/aromatic N) is 8. The molecular weight excluding hydrogens is 524 g/mol. The molecule has 1 saturated heterocycles. The fourth-order valence-corrected chi connectivity index (χ4v) is 5.38. The summed E-state index contributed by atoms with van der Waals surface area (Å²) in [5, 5.41) is 15.1. The predicted molar refractivity (Wildman–Crippen MR) is 156 cm³/mol. The molecular formula is C28H42N8O3Si. The van der Waals surface area contributed by atoms with Gasteiger partial charge in [0.2, 0.25) is 0 Å². The van der Waals surface area contributed by atoms with Crippen molar-refractivity contribution >= 4 is 25.2 Å². The molecule has 1 amide bonds. The van der Waals surface area contributed by atoms with Gasteiger partial charge in [-0.15, -0.1) is 0 Å². The average molecular weight is 567 g/mol. The summed E-state index contributed by atoms with van der Waals surface area (Å²) >= 11 is 0. The lowest BCUT2D eigenvalue weighted by Gasteiger charge is -2.36. The Labute approximate surface area is 237 Å². The molecule has 1 fully saturated rings. The second kappa shape index (κ2) is 12.5. The lowest BCUT2D eigenvalue weighted by Crippen LogP contribution is -2.51. The molecule has 0 aromatic carbocycles. The molecule has 11 nitrogen and oxygen atoms in total. The van der Waals surface area contributed by atoms with Crippen molar-refractivity contribution in [3.63, 3.8) is 0 Å². The zero-order valence-corrected chi connectivity index (χ0v) is 25.6. The van der Waals surface area contributed by atoms with Gasteiger partial charge in [0, 0.05) is 70.7 Å². The van der Waals surface area contributed by atoms with E-state index in [1.807, 2.05) is 48.5 Å². The number of carbonyl (C=O) groups excluding carboxylic acids is 1. The maximum atomic E-state index is 12.4. The van der Waals surface area contributed by atoms with E-state index in [1.165, 1.54) is 0 Å². The predicted octanol–water partition coefficient (Wildman–Crippen LogP) is 4.61. The molecule has 1 atom stereocenters. The second-order valence-corrected chi connectivity index (χ2v) is 18.2. The van der Waals surface area contributed by atoms with Gasteiger partial charge in [-0.3, -0.25) is 9.58 Å². The van der Waals surface area contributed by atoms with Crippen molar-refractivity contribution in [2.75, 3.05) is 39.3 Å². The van der Waals surface area contributed by atoms with Crippen LogP contribution in [0.1, 0.15) is 33.2 Å². The number of hydrogen-bond acceptors (Lipinski definition) is 8. The summed E-state index contributed by atoms with van der Waals surface area (Å²) in [5.41, 5.74) is 1.99. The molecule has 1 aliphatic rings. The molecule has 0 spiro atoms. The molecule has 0 bridgehead atoms. The molecule has 3 aromatic rings. The SMILES string of the molecule is CC(C)(C)OC(=O)N1CCN(CC(CC#N)n2cc(-c3ncnc4c3ccn4COCC[Si](C)(C)C)cn2)CC1. The Morgan fingerprint density at radius 1 is 1.18 bits per heavy atom. The minimum atomic E-state index is -1.14. The molecule has 0 radical (unpaired) electrons. The van der Waals surface area contributed by atoms with E-state index < -0.39 is 13.7 Å². The number of fused-ring (bicyclic) bond motifs is 1. The van der Waals surface area contributed by atoms with Crippen molar-refractivity contribution in [2.45, 2.75) is 71.3 Å². The van der Waals surface area contributed by atoms with Crippen LogP contribution in [-0.4, -0.2) is 93.2 Å². The maximum Gasteiger partial charge on any atom is 0.410 e. The van der Waals surface area contributed by atoms with Crippen LogP contribution < -0.4 is 0 Å². The first-order valence-corrected chi connectivity index (χ1v) is 17.6. The van der Waals surface area contributed by atoms with E-state index in [-0.39, 0.29) is 12.1 Å². The van der Waals surface area contributed by atoms with Gasteiger partial charge in [0.1, 0.15) is 24.3 Å². The number of ether oxygens (including phenoxy) is 2.